The second-order valence-corrected chi connectivity index (χ2v) is 3.54. The zero-order valence-electron chi connectivity index (χ0n) is 10.2. The van der Waals surface area contributed by atoms with Crippen LogP contribution in [0.5, 0.6) is 5.75 Å². The van der Waals surface area contributed by atoms with Crippen LogP contribution in [-0.2, 0) is 0 Å². The predicted octanol–water partition coefficient (Wildman–Crippen LogP) is 4.46. The Kier molecular flexibility index (Phi) is 8.53. The Labute approximate surface area is 106 Å². The summed E-state index contributed by atoms with van der Waals surface area (Å²) in [6, 6.07) is 7.65. The quantitative estimate of drug-likeness (QED) is 0.580. The Morgan fingerprint density at radius 3 is 2.56 bits per heavy atom. The molecule has 0 heterocycles. The monoisotopic (exact) mass is 283 g/mol. The Morgan fingerprint density at radius 2 is 2.06 bits per heavy atom. The van der Waals surface area contributed by atoms with E-state index >= 15 is 0 Å². The lowest BCUT2D eigenvalue weighted by Crippen LogP contribution is -2.04. The highest BCUT2D eigenvalue weighted by atomic mass is 79.9. The van der Waals surface area contributed by atoms with Gasteiger partial charge in [-0.25, -0.2) is 0 Å². The number of halogens is 1. The summed E-state index contributed by atoms with van der Waals surface area (Å²) < 4.78 is 6.51. The third-order valence-electron chi connectivity index (χ3n) is 1.55. The highest BCUT2D eigenvalue weighted by Gasteiger charge is 1.97. The van der Waals surface area contributed by atoms with E-state index in [2.05, 4.69) is 20.9 Å². The fraction of sp³-hybridized carbons (Fsp3) is 0.308. The van der Waals surface area contributed by atoms with Gasteiger partial charge < -0.3 is 4.74 Å². The Bertz CT molecular complexity index is 359. The molecule has 0 amide bonds. The first-order chi connectivity index (χ1) is 7.76. The van der Waals surface area contributed by atoms with Crippen molar-refractivity contribution in [2.24, 2.45) is 4.99 Å². The summed E-state index contributed by atoms with van der Waals surface area (Å²) in [6.45, 7) is 5.93. The lowest BCUT2D eigenvalue weighted by atomic mass is 10.3. The molecule has 0 radical (unpaired) electrons. The number of hydrogen-bond acceptors (Lipinski definition) is 2. The number of allylic oxidation sites excluding steroid dienone is 1. The SMILES string of the molecule is C/C=C\C(=NC)Oc1cccc(Br)c1.CC. The van der Waals surface area contributed by atoms with Crippen LogP contribution in [0, 0.1) is 0 Å². The van der Waals surface area contributed by atoms with Gasteiger partial charge in [0.05, 0.1) is 0 Å². The van der Waals surface area contributed by atoms with E-state index in [9.17, 15) is 0 Å². The van der Waals surface area contributed by atoms with Gasteiger partial charge in [0.15, 0.2) is 0 Å². The maximum Gasteiger partial charge on any atom is 0.214 e. The van der Waals surface area contributed by atoms with E-state index in [0.29, 0.717) is 5.90 Å². The first-order valence-corrected chi connectivity index (χ1v) is 6.08. The Morgan fingerprint density at radius 1 is 1.38 bits per heavy atom. The maximum absolute atomic E-state index is 5.52. The standard InChI is InChI=1S/C11H12BrNO.C2H6/c1-3-5-11(13-2)14-10-7-4-6-9(12)8-10;1-2/h3-8H,1-2H3;1-2H3/b5-3-,13-11?;. The molecule has 0 atom stereocenters. The summed E-state index contributed by atoms with van der Waals surface area (Å²) in [7, 11) is 1.70. The number of benzene rings is 1. The number of hydrogen-bond donors (Lipinski definition) is 0. The van der Waals surface area contributed by atoms with Gasteiger partial charge in [0.1, 0.15) is 5.75 Å². The van der Waals surface area contributed by atoms with Crippen LogP contribution in [0.3, 0.4) is 0 Å². The molecule has 0 N–H and O–H groups in total. The normalized spacial score (nSPS) is 10.9. The molecule has 16 heavy (non-hydrogen) atoms. The van der Waals surface area contributed by atoms with Crippen LogP contribution < -0.4 is 4.74 Å². The topological polar surface area (TPSA) is 21.6 Å². The summed E-state index contributed by atoms with van der Waals surface area (Å²) in [5.41, 5.74) is 0. The highest BCUT2D eigenvalue weighted by Crippen LogP contribution is 2.18. The van der Waals surface area contributed by atoms with Crippen LogP contribution >= 0.6 is 15.9 Å². The first-order valence-electron chi connectivity index (χ1n) is 5.29. The van der Waals surface area contributed by atoms with Crippen LogP contribution in [-0.4, -0.2) is 12.9 Å². The van der Waals surface area contributed by atoms with Crippen molar-refractivity contribution < 1.29 is 4.74 Å². The van der Waals surface area contributed by atoms with Gasteiger partial charge >= 0.3 is 0 Å². The van der Waals surface area contributed by atoms with Crippen molar-refractivity contribution in [3.63, 3.8) is 0 Å². The number of ether oxygens (including phenoxy) is 1. The third-order valence-corrected chi connectivity index (χ3v) is 2.04. The molecule has 0 aliphatic carbocycles. The molecule has 1 aromatic carbocycles. The largest absolute Gasteiger partial charge is 0.439 e. The number of rotatable bonds is 2. The van der Waals surface area contributed by atoms with Gasteiger partial charge in [-0.1, -0.05) is 41.9 Å². The van der Waals surface area contributed by atoms with Crippen molar-refractivity contribution >= 4 is 21.8 Å². The van der Waals surface area contributed by atoms with Crippen LogP contribution in [0.25, 0.3) is 0 Å². The zero-order valence-corrected chi connectivity index (χ0v) is 11.8. The molecule has 0 spiro atoms. The van der Waals surface area contributed by atoms with Crippen molar-refractivity contribution in [3.8, 4) is 5.75 Å². The molecule has 0 aromatic heterocycles. The molecule has 0 saturated carbocycles. The molecule has 0 unspecified atom stereocenters. The Hall–Kier alpha value is -1.09. The van der Waals surface area contributed by atoms with Gasteiger partial charge in [-0.2, -0.15) is 0 Å². The van der Waals surface area contributed by atoms with Gasteiger partial charge in [-0.05, 0) is 31.2 Å². The van der Waals surface area contributed by atoms with Gasteiger partial charge in [-0.15, -0.1) is 0 Å². The fourth-order valence-electron chi connectivity index (χ4n) is 0.948. The van der Waals surface area contributed by atoms with E-state index in [1.807, 2.05) is 57.2 Å². The van der Waals surface area contributed by atoms with E-state index in [1.165, 1.54) is 0 Å². The summed E-state index contributed by atoms with van der Waals surface area (Å²) in [5, 5.41) is 0. The van der Waals surface area contributed by atoms with Crippen molar-refractivity contribution in [3.05, 3.63) is 40.9 Å². The third kappa shape index (κ3) is 5.71. The van der Waals surface area contributed by atoms with Crippen LogP contribution in [0.15, 0.2) is 45.9 Å². The average Bonchev–Trinajstić information content (AvgIpc) is 2.31. The van der Waals surface area contributed by atoms with E-state index in [1.54, 1.807) is 7.05 Å². The molecule has 0 aliphatic rings. The molecule has 1 aromatic rings. The maximum atomic E-state index is 5.52. The number of aliphatic imine (C=N–C) groups is 1. The molecule has 0 aliphatic heterocycles. The molecule has 3 heteroatoms. The number of nitrogens with zero attached hydrogens (tertiary/aromatic N) is 1. The molecule has 88 valence electrons. The minimum Gasteiger partial charge on any atom is -0.439 e. The van der Waals surface area contributed by atoms with Gasteiger partial charge in [0.25, 0.3) is 0 Å². The second-order valence-electron chi connectivity index (χ2n) is 2.62. The first kappa shape index (κ1) is 14.9. The van der Waals surface area contributed by atoms with Crippen LogP contribution in [0.1, 0.15) is 20.8 Å². The highest BCUT2D eigenvalue weighted by molar-refractivity contribution is 9.10. The minimum absolute atomic E-state index is 0.602. The predicted molar refractivity (Wildman–Crippen MR) is 74.3 cm³/mol. The molecule has 2 nitrogen and oxygen atoms in total. The molecule has 0 saturated heterocycles. The molecular weight excluding hydrogens is 266 g/mol. The summed E-state index contributed by atoms with van der Waals surface area (Å²) in [4.78, 5) is 4.00. The zero-order chi connectivity index (χ0) is 12.4. The van der Waals surface area contributed by atoms with E-state index in [-0.39, 0.29) is 0 Å². The van der Waals surface area contributed by atoms with Crippen molar-refractivity contribution in [2.45, 2.75) is 20.8 Å². The molecule has 0 fully saturated rings. The van der Waals surface area contributed by atoms with Crippen LogP contribution in [0.2, 0.25) is 0 Å². The van der Waals surface area contributed by atoms with Crippen LogP contribution in [0.4, 0.5) is 0 Å². The van der Waals surface area contributed by atoms with Gasteiger partial charge in [0, 0.05) is 11.5 Å². The smallest absolute Gasteiger partial charge is 0.214 e. The average molecular weight is 284 g/mol. The summed E-state index contributed by atoms with van der Waals surface area (Å²) in [6.07, 6.45) is 3.71. The Balaban J connectivity index is 0.00000106. The lowest BCUT2D eigenvalue weighted by Gasteiger charge is -2.04. The summed E-state index contributed by atoms with van der Waals surface area (Å²) in [5.74, 6) is 1.38. The van der Waals surface area contributed by atoms with Crippen molar-refractivity contribution in [1.29, 1.82) is 0 Å². The fourth-order valence-corrected chi connectivity index (χ4v) is 1.33. The lowest BCUT2D eigenvalue weighted by molar-refractivity contribution is 0.554. The van der Waals surface area contributed by atoms with Gasteiger partial charge in [-0.3, -0.25) is 4.99 Å². The van der Waals surface area contributed by atoms with E-state index in [0.717, 1.165) is 10.2 Å². The molecule has 1 rings (SSSR count). The second kappa shape index (κ2) is 9.16. The van der Waals surface area contributed by atoms with Crippen molar-refractivity contribution in [1.82, 2.24) is 0 Å². The minimum atomic E-state index is 0.602. The van der Waals surface area contributed by atoms with E-state index in [4.69, 9.17) is 4.74 Å². The summed E-state index contributed by atoms with van der Waals surface area (Å²) >= 11 is 3.38. The molecule has 0 bridgehead atoms. The van der Waals surface area contributed by atoms with Gasteiger partial charge in [0.2, 0.25) is 5.90 Å². The van der Waals surface area contributed by atoms with Crippen molar-refractivity contribution in [2.75, 3.05) is 7.05 Å². The van der Waals surface area contributed by atoms with E-state index < -0.39 is 0 Å². The molecular formula is C13H18BrNO.